The number of carbonyl (C=O) groups excluding carboxylic acids is 1. The van der Waals surface area contributed by atoms with Gasteiger partial charge in [0, 0.05) is 24.9 Å². The van der Waals surface area contributed by atoms with Gasteiger partial charge in [-0.05, 0) is 24.1 Å². The van der Waals surface area contributed by atoms with E-state index in [1.807, 2.05) is 25.7 Å². The predicted octanol–water partition coefficient (Wildman–Crippen LogP) is 2.59. The number of hydrogen-bond donors (Lipinski definition) is 0. The second-order valence-electron chi connectivity index (χ2n) is 5.32. The molecule has 18 heavy (non-hydrogen) atoms. The van der Waals surface area contributed by atoms with E-state index in [0.29, 0.717) is 5.92 Å². The van der Waals surface area contributed by atoms with Gasteiger partial charge in [0.05, 0.1) is 7.11 Å². The molecule has 0 aliphatic carbocycles. The van der Waals surface area contributed by atoms with Gasteiger partial charge in [-0.3, -0.25) is 4.79 Å². The maximum absolute atomic E-state index is 11.8. The predicted molar refractivity (Wildman–Crippen MR) is 71.9 cm³/mol. The Morgan fingerprint density at radius 1 is 1.39 bits per heavy atom. The first kappa shape index (κ1) is 12.9. The van der Waals surface area contributed by atoms with E-state index in [0.717, 1.165) is 24.4 Å². The van der Waals surface area contributed by atoms with Crippen molar-refractivity contribution in [3.05, 3.63) is 29.3 Å². The highest BCUT2D eigenvalue weighted by molar-refractivity contribution is 5.79. The van der Waals surface area contributed by atoms with Crippen LogP contribution in [-0.2, 0) is 4.79 Å². The number of methoxy groups -OCH3 is 1. The molecule has 0 unspecified atom stereocenters. The summed E-state index contributed by atoms with van der Waals surface area (Å²) < 4.78 is 5.34. The molecule has 2 rings (SSSR count). The van der Waals surface area contributed by atoms with Gasteiger partial charge in [0.15, 0.2) is 0 Å². The molecule has 1 aliphatic heterocycles. The zero-order valence-corrected chi connectivity index (χ0v) is 11.6. The van der Waals surface area contributed by atoms with E-state index in [4.69, 9.17) is 4.74 Å². The van der Waals surface area contributed by atoms with E-state index in [2.05, 4.69) is 18.2 Å². The lowest BCUT2D eigenvalue weighted by molar-refractivity contribution is -0.138. The molecule has 0 radical (unpaired) electrons. The van der Waals surface area contributed by atoms with E-state index < -0.39 is 0 Å². The number of rotatable bonds is 3. The van der Waals surface area contributed by atoms with Gasteiger partial charge in [-0.2, -0.15) is 0 Å². The number of amides is 1. The first-order valence-corrected chi connectivity index (χ1v) is 6.46. The molecule has 0 bridgehead atoms. The molecule has 98 valence electrons. The first-order chi connectivity index (χ1) is 8.52. The number of aryl methyl sites for hydroxylation is 1. The van der Waals surface area contributed by atoms with Crippen LogP contribution < -0.4 is 4.74 Å². The number of likely N-dealkylation sites (tertiary alicyclic amines) is 1. The van der Waals surface area contributed by atoms with Crippen LogP contribution >= 0.6 is 0 Å². The van der Waals surface area contributed by atoms with Crippen molar-refractivity contribution in [2.75, 3.05) is 20.2 Å². The normalized spacial score (nSPS) is 15.7. The summed E-state index contributed by atoms with van der Waals surface area (Å²) in [5.41, 5.74) is 2.42. The molecule has 1 amide bonds. The van der Waals surface area contributed by atoms with Crippen molar-refractivity contribution in [1.29, 1.82) is 0 Å². The molecule has 1 fully saturated rings. The molecule has 1 aliphatic rings. The Morgan fingerprint density at radius 3 is 2.61 bits per heavy atom. The largest absolute Gasteiger partial charge is 0.496 e. The number of nitrogens with zero attached hydrogens (tertiary/aromatic N) is 1. The van der Waals surface area contributed by atoms with Crippen LogP contribution in [0.25, 0.3) is 0 Å². The maximum Gasteiger partial charge on any atom is 0.225 e. The van der Waals surface area contributed by atoms with Gasteiger partial charge in [-0.25, -0.2) is 0 Å². The van der Waals surface area contributed by atoms with Gasteiger partial charge in [0.2, 0.25) is 5.91 Å². The van der Waals surface area contributed by atoms with Crippen molar-refractivity contribution >= 4 is 5.91 Å². The summed E-state index contributed by atoms with van der Waals surface area (Å²) in [5.74, 6) is 1.74. The molecular weight excluding hydrogens is 226 g/mol. The molecule has 0 saturated carbocycles. The Morgan fingerprint density at radius 2 is 2.06 bits per heavy atom. The Balaban J connectivity index is 2.02. The van der Waals surface area contributed by atoms with Crippen LogP contribution in [0.15, 0.2) is 18.2 Å². The number of carbonyl (C=O) groups is 1. The number of benzene rings is 1. The van der Waals surface area contributed by atoms with Gasteiger partial charge < -0.3 is 9.64 Å². The molecule has 0 spiro atoms. The van der Waals surface area contributed by atoms with E-state index in [9.17, 15) is 4.79 Å². The minimum absolute atomic E-state index is 0.0958. The zero-order valence-electron chi connectivity index (χ0n) is 11.6. The Kier molecular flexibility index (Phi) is 3.60. The molecule has 3 heteroatoms. The summed E-state index contributed by atoms with van der Waals surface area (Å²) in [6, 6.07) is 6.32. The monoisotopic (exact) mass is 247 g/mol. The lowest BCUT2D eigenvalue weighted by Gasteiger charge is -2.40. The number of ether oxygens (including phenoxy) is 1. The highest BCUT2D eigenvalue weighted by atomic mass is 16.5. The second kappa shape index (κ2) is 5.01. The SMILES string of the molecule is COc1cc(C2CN(C(=O)C(C)C)C2)ccc1C. The summed E-state index contributed by atoms with van der Waals surface area (Å²) in [4.78, 5) is 13.7. The molecule has 0 atom stereocenters. The summed E-state index contributed by atoms with van der Waals surface area (Å²) in [5, 5.41) is 0. The van der Waals surface area contributed by atoms with Crippen molar-refractivity contribution < 1.29 is 9.53 Å². The molecule has 0 N–H and O–H groups in total. The fraction of sp³-hybridized carbons (Fsp3) is 0.533. The third kappa shape index (κ3) is 2.35. The van der Waals surface area contributed by atoms with Crippen LogP contribution in [0.5, 0.6) is 5.75 Å². The maximum atomic E-state index is 11.8. The molecule has 1 saturated heterocycles. The highest BCUT2D eigenvalue weighted by Gasteiger charge is 2.32. The van der Waals surface area contributed by atoms with Crippen molar-refractivity contribution in [2.45, 2.75) is 26.7 Å². The molecule has 3 nitrogen and oxygen atoms in total. The molecular formula is C15H21NO2. The van der Waals surface area contributed by atoms with E-state index in [1.165, 1.54) is 5.56 Å². The van der Waals surface area contributed by atoms with Gasteiger partial charge in [-0.15, -0.1) is 0 Å². The van der Waals surface area contributed by atoms with Gasteiger partial charge in [0.25, 0.3) is 0 Å². The minimum atomic E-state index is 0.0958. The average molecular weight is 247 g/mol. The third-order valence-corrected chi connectivity index (χ3v) is 3.59. The lowest BCUT2D eigenvalue weighted by Crippen LogP contribution is -2.49. The van der Waals surface area contributed by atoms with Crippen molar-refractivity contribution in [3.63, 3.8) is 0 Å². The second-order valence-corrected chi connectivity index (χ2v) is 5.32. The zero-order chi connectivity index (χ0) is 13.3. The summed E-state index contributed by atoms with van der Waals surface area (Å²) >= 11 is 0. The van der Waals surface area contributed by atoms with Crippen LogP contribution in [0.1, 0.15) is 30.9 Å². The Bertz CT molecular complexity index is 448. The molecule has 1 aromatic carbocycles. The Hall–Kier alpha value is -1.51. The van der Waals surface area contributed by atoms with Crippen molar-refractivity contribution in [2.24, 2.45) is 5.92 Å². The molecule has 1 heterocycles. The van der Waals surface area contributed by atoms with E-state index >= 15 is 0 Å². The molecule has 1 aromatic rings. The van der Waals surface area contributed by atoms with Gasteiger partial charge in [-0.1, -0.05) is 26.0 Å². The highest BCUT2D eigenvalue weighted by Crippen LogP contribution is 2.31. The van der Waals surface area contributed by atoms with Crippen LogP contribution in [0.2, 0.25) is 0 Å². The third-order valence-electron chi connectivity index (χ3n) is 3.59. The Labute approximate surface area is 109 Å². The van der Waals surface area contributed by atoms with Gasteiger partial charge in [0.1, 0.15) is 5.75 Å². The average Bonchev–Trinajstić information content (AvgIpc) is 2.28. The minimum Gasteiger partial charge on any atom is -0.496 e. The first-order valence-electron chi connectivity index (χ1n) is 6.46. The summed E-state index contributed by atoms with van der Waals surface area (Å²) in [7, 11) is 1.70. The van der Waals surface area contributed by atoms with Crippen LogP contribution in [0.3, 0.4) is 0 Å². The lowest BCUT2D eigenvalue weighted by atomic mass is 9.89. The van der Waals surface area contributed by atoms with Crippen LogP contribution in [0, 0.1) is 12.8 Å². The van der Waals surface area contributed by atoms with E-state index in [1.54, 1.807) is 7.11 Å². The van der Waals surface area contributed by atoms with E-state index in [-0.39, 0.29) is 11.8 Å². The van der Waals surface area contributed by atoms with Gasteiger partial charge >= 0.3 is 0 Å². The van der Waals surface area contributed by atoms with Crippen LogP contribution in [-0.4, -0.2) is 31.0 Å². The van der Waals surface area contributed by atoms with Crippen molar-refractivity contribution in [3.8, 4) is 5.75 Å². The number of hydrogen-bond acceptors (Lipinski definition) is 2. The fourth-order valence-electron chi connectivity index (χ4n) is 2.33. The molecule has 0 aromatic heterocycles. The van der Waals surface area contributed by atoms with Crippen molar-refractivity contribution in [1.82, 2.24) is 4.90 Å². The summed E-state index contributed by atoms with van der Waals surface area (Å²) in [6.45, 7) is 7.61. The summed E-state index contributed by atoms with van der Waals surface area (Å²) in [6.07, 6.45) is 0. The quantitative estimate of drug-likeness (QED) is 0.821. The van der Waals surface area contributed by atoms with Crippen LogP contribution in [0.4, 0.5) is 0 Å². The topological polar surface area (TPSA) is 29.5 Å². The smallest absolute Gasteiger partial charge is 0.225 e. The standard InChI is InChI=1S/C15H21NO2/c1-10(2)15(17)16-8-13(9-16)12-6-5-11(3)14(7-12)18-4/h5-7,10,13H,8-9H2,1-4H3. The fourth-order valence-corrected chi connectivity index (χ4v) is 2.33.